The molecule has 2 heterocycles. The van der Waals surface area contributed by atoms with Crippen molar-refractivity contribution in [1.82, 2.24) is 9.80 Å². The van der Waals surface area contributed by atoms with Crippen molar-refractivity contribution in [3.63, 3.8) is 0 Å². The Morgan fingerprint density at radius 2 is 1.68 bits per heavy atom. The maximum absolute atomic E-state index is 13.0. The van der Waals surface area contributed by atoms with Crippen LogP contribution in [-0.4, -0.2) is 55.1 Å². The third-order valence-electron chi connectivity index (χ3n) is 4.44. The number of ether oxygens (including phenoxy) is 1. The molecule has 1 aliphatic heterocycles. The van der Waals surface area contributed by atoms with E-state index in [1.165, 1.54) is 24.0 Å². The zero-order valence-electron chi connectivity index (χ0n) is 14.5. The lowest BCUT2D eigenvalue weighted by molar-refractivity contribution is 0.0762. The van der Waals surface area contributed by atoms with Crippen LogP contribution in [0.3, 0.4) is 0 Å². The molecular weight excluding hydrogens is 336 g/mol. The van der Waals surface area contributed by atoms with Gasteiger partial charge in [0.05, 0.1) is 12.0 Å². The summed E-state index contributed by atoms with van der Waals surface area (Å²) in [5.41, 5.74) is 3.23. The molecule has 0 aliphatic carbocycles. The van der Waals surface area contributed by atoms with Crippen LogP contribution in [0.5, 0.6) is 0 Å². The third kappa shape index (κ3) is 3.85. The number of hydrogen-bond donors (Lipinski definition) is 0. The van der Waals surface area contributed by atoms with Crippen LogP contribution in [0.15, 0.2) is 35.7 Å². The van der Waals surface area contributed by atoms with Gasteiger partial charge in [-0.15, -0.1) is 11.3 Å². The van der Waals surface area contributed by atoms with Crippen molar-refractivity contribution in [2.75, 3.05) is 33.3 Å². The Bertz CT molecular complexity index is 754. The van der Waals surface area contributed by atoms with E-state index < -0.39 is 0 Å². The van der Waals surface area contributed by atoms with Crippen molar-refractivity contribution >= 4 is 23.3 Å². The molecule has 2 amide bonds. The zero-order chi connectivity index (χ0) is 17.8. The van der Waals surface area contributed by atoms with Gasteiger partial charge in [0.1, 0.15) is 0 Å². The molecular formula is C19H22N2O3S. The number of benzene rings is 1. The van der Waals surface area contributed by atoms with E-state index in [4.69, 9.17) is 4.74 Å². The first-order chi connectivity index (χ1) is 12.1. The highest BCUT2D eigenvalue weighted by atomic mass is 32.1. The van der Waals surface area contributed by atoms with Gasteiger partial charge in [-0.3, -0.25) is 4.79 Å². The minimum atomic E-state index is -0.328. The van der Waals surface area contributed by atoms with Crippen molar-refractivity contribution in [1.29, 1.82) is 0 Å². The van der Waals surface area contributed by atoms with E-state index in [0.29, 0.717) is 26.2 Å². The Kier molecular flexibility index (Phi) is 5.38. The van der Waals surface area contributed by atoms with E-state index in [2.05, 4.69) is 24.3 Å². The Morgan fingerprint density at radius 3 is 2.40 bits per heavy atom. The molecule has 3 rings (SSSR count). The number of thiophene rings is 1. The number of amides is 2. The summed E-state index contributed by atoms with van der Waals surface area (Å²) in [6, 6.07) is 10.2. The van der Waals surface area contributed by atoms with E-state index >= 15 is 0 Å². The average molecular weight is 358 g/mol. The summed E-state index contributed by atoms with van der Waals surface area (Å²) in [4.78, 5) is 29.0. The van der Waals surface area contributed by atoms with Gasteiger partial charge in [0.25, 0.3) is 5.91 Å². The normalized spacial score (nSPS) is 15.0. The van der Waals surface area contributed by atoms with Gasteiger partial charge in [0.2, 0.25) is 0 Å². The van der Waals surface area contributed by atoms with Gasteiger partial charge in [-0.05, 0) is 30.4 Å². The average Bonchev–Trinajstić information content (AvgIpc) is 2.98. The second kappa shape index (κ2) is 7.70. The number of rotatable bonds is 2. The van der Waals surface area contributed by atoms with Crippen LogP contribution in [0.25, 0.3) is 11.1 Å². The van der Waals surface area contributed by atoms with Crippen LogP contribution in [0.1, 0.15) is 21.7 Å². The van der Waals surface area contributed by atoms with Crippen molar-refractivity contribution in [3.05, 3.63) is 46.2 Å². The van der Waals surface area contributed by atoms with Crippen LogP contribution in [0, 0.1) is 6.92 Å². The SMILES string of the molecule is COC(=O)N1CCCN(C(=O)c2sccc2-c2ccc(C)cc2)CC1. The summed E-state index contributed by atoms with van der Waals surface area (Å²) in [6.07, 6.45) is 0.428. The summed E-state index contributed by atoms with van der Waals surface area (Å²) in [5.74, 6) is 0.0392. The fourth-order valence-corrected chi connectivity index (χ4v) is 3.89. The van der Waals surface area contributed by atoms with Gasteiger partial charge < -0.3 is 14.5 Å². The second-order valence-electron chi connectivity index (χ2n) is 6.13. The van der Waals surface area contributed by atoms with E-state index in [1.807, 2.05) is 23.3 Å². The van der Waals surface area contributed by atoms with Crippen LogP contribution < -0.4 is 0 Å². The number of hydrogen-bond acceptors (Lipinski definition) is 4. The van der Waals surface area contributed by atoms with Gasteiger partial charge in [-0.25, -0.2) is 4.79 Å². The maximum Gasteiger partial charge on any atom is 0.409 e. The lowest BCUT2D eigenvalue weighted by Crippen LogP contribution is -2.37. The molecule has 0 bridgehead atoms. The summed E-state index contributed by atoms with van der Waals surface area (Å²) >= 11 is 1.47. The van der Waals surface area contributed by atoms with Gasteiger partial charge in [-0.1, -0.05) is 29.8 Å². The Labute approximate surface area is 151 Å². The minimum absolute atomic E-state index is 0.0392. The molecule has 25 heavy (non-hydrogen) atoms. The first kappa shape index (κ1) is 17.5. The molecule has 1 aromatic heterocycles. The molecule has 0 saturated carbocycles. The molecule has 1 aliphatic rings. The molecule has 0 spiro atoms. The maximum atomic E-state index is 13.0. The second-order valence-corrected chi connectivity index (χ2v) is 7.05. The monoisotopic (exact) mass is 358 g/mol. The molecule has 1 fully saturated rings. The predicted octanol–water partition coefficient (Wildman–Crippen LogP) is 3.64. The largest absolute Gasteiger partial charge is 0.453 e. The van der Waals surface area contributed by atoms with Gasteiger partial charge in [-0.2, -0.15) is 0 Å². The summed E-state index contributed by atoms with van der Waals surface area (Å²) < 4.78 is 4.79. The highest BCUT2D eigenvalue weighted by Crippen LogP contribution is 2.30. The number of aryl methyl sites for hydroxylation is 1. The van der Waals surface area contributed by atoms with E-state index in [-0.39, 0.29) is 12.0 Å². The molecule has 6 heteroatoms. The van der Waals surface area contributed by atoms with E-state index in [1.54, 1.807) is 4.90 Å². The number of nitrogens with zero attached hydrogens (tertiary/aromatic N) is 2. The zero-order valence-corrected chi connectivity index (χ0v) is 15.3. The smallest absolute Gasteiger partial charge is 0.409 e. The van der Waals surface area contributed by atoms with Crippen LogP contribution in [0.4, 0.5) is 4.79 Å². The molecule has 5 nitrogen and oxygen atoms in total. The fraction of sp³-hybridized carbons (Fsp3) is 0.368. The Balaban J connectivity index is 1.77. The van der Waals surface area contributed by atoms with Gasteiger partial charge in [0, 0.05) is 31.7 Å². The summed E-state index contributed by atoms with van der Waals surface area (Å²) in [6.45, 7) is 4.35. The minimum Gasteiger partial charge on any atom is -0.453 e. The molecule has 0 atom stereocenters. The third-order valence-corrected chi connectivity index (χ3v) is 5.34. The first-order valence-electron chi connectivity index (χ1n) is 8.37. The Hall–Kier alpha value is -2.34. The lowest BCUT2D eigenvalue weighted by Gasteiger charge is -2.21. The van der Waals surface area contributed by atoms with Crippen molar-refractivity contribution < 1.29 is 14.3 Å². The van der Waals surface area contributed by atoms with Crippen molar-refractivity contribution in [2.45, 2.75) is 13.3 Å². The number of methoxy groups -OCH3 is 1. The van der Waals surface area contributed by atoms with Crippen LogP contribution in [-0.2, 0) is 4.74 Å². The molecule has 0 radical (unpaired) electrons. The molecule has 2 aromatic rings. The number of carbonyl (C=O) groups is 2. The number of carbonyl (C=O) groups excluding carboxylic acids is 2. The van der Waals surface area contributed by atoms with E-state index in [0.717, 1.165) is 22.4 Å². The standard InChI is InChI=1S/C19H22N2O3S/c1-14-4-6-15(7-5-14)16-8-13-25-17(16)18(22)20-9-3-10-21(12-11-20)19(23)24-2/h4-8,13H,3,9-12H2,1-2H3. The topological polar surface area (TPSA) is 49.9 Å². The van der Waals surface area contributed by atoms with Gasteiger partial charge >= 0.3 is 6.09 Å². The highest BCUT2D eigenvalue weighted by molar-refractivity contribution is 7.12. The molecule has 1 aromatic carbocycles. The highest BCUT2D eigenvalue weighted by Gasteiger charge is 2.25. The molecule has 0 unspecified atom stereocenters. The quantitative estimate of drug-likeness (QED) is 0.823. The van der Waals surface area contributed by atoms with Crippen molar-refractivity contribution in [3.8, 4) is 11.1 Å². The van der Waals surface area contributed by atoms with Crippen molar-refractivity contribution in [2.24, 2.45) is 0 Å². The molecule has 1 saturated heterocycles. The van der Waals surface area contributed by atoms with Gasteiger partial charge in [0.15, 0.2) is 0 Å². The first-order valence-corrected chi connectivity index (χ1v) is 9.25. The predicted molar refractivity (Wildman–Crippen MR) is 99.0 cm³/mol. The summed E-state index contributed by atoms with van der Waals surface area (Å²) in [5, 5.41) is 1.96. The fourth-order valence-electron chi connectivity index (χ4n) is 3.01. The molecule has 132 valence electrons. The lowest BCUT2D eigenvalue weighted by atomic mass is 10.0. The summed E-state index contributed by atoms with van der Waals surface area (Å²) in [7, 11) is 1.38. The Morgan fingerprint density at radius 1 is 1.00 bits per heavy atom. The van der Waals surface area contributed by atoms with Crippen LogP contribution in [0.2, 0.25) is 0 Å². The van der Waals surface area contributed by atoms with Crippen LogP contribution >= 0.6 is 11.3 Å². The van der Waals surface area contributed by atoms with E-state index in [9.17, 15) is 9.59 Å². The molecule has 0 N–H and O–H groups in total.